The van der Waals surface area contributed by atoms with Crippen LogP contribution >= 0.6 is 11.6 Å². The van der Waals surface area contributed by atoms with Gasteiger partial charge in [-0.3, -0.25) is 0 Å². The molecule has 0 bridgehead atoms. The number of nitrogens with one attached hydrogen (secondary N) is 1. The van der Waals surface area contributed by atoms with E-state index in [1.807, 2.05) is 0 Å². The molecule has 6 nitrogen and oxygen atoms in total. The van der Waals surface area contributed by atoms with Gasteiger partial charge in [-0.25, -0.2) is 13.6 Å². The van der Waals surface area contributed by atoms with E-state index in [1.165, 1.54) is 6.07 Å². The van der Waals surface area contributed by atoms with Crippen LogP contribution in [0.25, 0.3) is 11.4 Å². The van der Waals surface area contributed by atoms with Crippen LogP contribution in [0.1, 0.15) is 24.8 Å². The summed E-state index contributed by atoms with van der Waals surface area (Å²) in [5.41, 5.74) is 0.645. The van der Waals surface area contributed by atoms with Gasteiger partial charge < -0.3 is 14.7 Å². The fourth-order valence-electron chi connectivity index (χ4n) is 3.15. The number of anilines is 1. The molecule has 2 heterocycles. The van der Waals surface area contributed by atoms with Crippen LogP contribution in [0, 0.1) is 11.6 Å². The zero-order valence-corrected chi connectivity index (χ0v) is 15.3. The predicted octanol–water partition coefficient (Wildman–Crippen LogP) is 5.04. The molecule has 3 aromatic rings. The summed E-state index contributed by atoms with van der Waals surface area (Å²) in [5, 5.41) is 7.16. The molecule has 4 rings (SSSR count). The topological polar surface area (TPSA) is 71.3 Å². The van der Waals surface area contributed by atoms with Crippen LogP contribution in [0.3, 0.4) is 0 Å². The number of carbonyl (C=O) groups excluding carboxylic acids is 1. The fourth-order valence-corrected chi connectivity index (χ4v) is 3.27. The van der Waals surface area contributed by atoms with Crippen molar-refractivity contribution in [3.05, 3.63) is 65.0 Å². The number of hydrogen-bond acceptors (Lipinski definition) is 4. The number of nitrogens with zero attached hydrogens (tertiary/aromatic N) is 3. The first-order valence-corrected chi connectivity index (χ1v) is 9.01. The third kappa shape index (κ3) is 3.68. The number of carbonyl (C=O) groups is 1. The van der Waals surface area contributed by atoms with Gasteiger partial charge >= 0.3 is 6.03 Å². The molecule has 144 valence electrons. The van der Waals surface area contributed by atoms with Crippen molar-refractivity contribution in [3.8, 4) is 11.4 Å². The molecule has 0 spiro atoms. The Balaban J connectivity index is 1.53. The van der Waals surface area contributed by atoms with Gasteiger partial charge in [0.1, 0.15) is 17.7 Å². The maximum absolute atomic E-state index is 14.0. The van der Waals surface area contributed by atoms with E-state index in [1.54, 1.807) is 29.2 Å². The van der Waals surface area contributed by atoms with Crippen molar-refractivity contribution in [2.24, 2.45) is 0 Å². The predicted molar refractivity (Wildman–Crippen MR) is 98.8 cm³/mol. The van der Waals surface area contributed by atoms with Crippen LogP contribution in [-0.4, -0.2) is 27.6 Å². The Hall–Kier alpha value is -3.00. The maximum atomic E-state index is 14.0. The van der Waals surface area contributed by atoms with Crippen LogP contribution in [0.15, 0.2) is 47.0 Å². The smallest absolute Gasteiger partial charge is 0.322 e. The number of halogens is 3. The number of urea groups is 1. The fraction of sp³-hybridized carbons (Fsp3) is 0.211. The van der Waals surface area contributed by atoms with Crippen LogP contribution in [-0.2, 0) is 0 Å². The average Bonchev–Trinajstić information content (AvgIpc) is 3.32. The van der Waals surface area contributed by atoms with E-state index in [2.05, 4.69) is 15.5 Å². The molecule has 1 aromatic heterocycles. The van der Waals surface area contributed by atoms with Crippen molar-refractivity contribution in [2.75, 3.05) is 11.9 Å². The lowest BCUT2D eigenvalue weighted by Crippen LogP contribution is -2.34. The highest BCUT2D eigenvalue weighted by Gasteiger charge is 2.34. The molecule has 0 radical (unpaired) electrons. The second kappa shape index (κ2) is 7.55. The minimum Gasteiger partial charge on any atom is -0.337 e. The monoisotopic (exact) mass is 404 g/mol. The SMILES string of the molecule is O=C(Nc1ccc(Cl)cc1)N1CCC[C@H]1c1nc(-c2ccc(F)cc2F)no1. The van der Waals surface area contributed by atoms with Crippen LogP contribution in [0.2, 0.25) is 5.02 Å². The van der Waals surface area contributed by atoms with Crippen molar-refractivity contribution >= 4 is 23.3 Å². The lowest BCUT2D eigenvalue weighted by atomic mass is 10.2. The minimum atomic E-state index is -0.781. The van der Waals surface area contributed by atoms with Gasteiger partial charge in [-0.15, -0.1) is 0 Å². The number of hydrogen-bond donors (Lipinski definition) is 1. The molecule has 1 aliphatic rings. The van der Waals surface area contributed by atoms with Crippen LogP contribution < -0.4 is 5.32 Å². The molecule has 9 heteroatoms. The summed E-state index contributed by atoms with van der Waals surface area (Å²) in [5.74, 6) is -1.25. The van der Waals surface area contributed by atoms with Crippen molar-refractivity contribution in [1.82, 2.24) is 15.0 Å². The van der Waals surface area contributed by atoms with E-state index in [9.17, 15) is 13.6 Å². The summed E-state index contributed by atoms with van der Waals surface area (Å²) in [6, 6.07) is 9.16. The Morgan fingerprint density at radius 2 is 2.00 bits per heavy atom. The van der Waals surface area contributed by atoms with E-state index in [0.717, 1.165) is 18.6 Å². The number of benzene rings is 2. The lowest BCUT2D eigenvalue weighted by Gasteiger charge is -2.22. The summed E-state index contributed by atoms with van der Waals surface area (Å²) in [7, 11) is 0. The minimum absolute atomic E-state index is 0.0115. The second-order valence-corrected chi connectivity index (χ2v) is 6.81. The van der Waals surface area contributed by atoms with Gasteiger partial charge in [0.25, 0.3) is 0 Å². The number of aromatic nitrogens is 2. The van der Waals surface area contributed by atoms with Crippen molar-refractivity contribution in [3.63, 3.8) is 0 Å². The zero-order valence-electron chi connectivity index (χ0n) is 14.5. The third-order valence-electron chi connectivity index (χ3n) is 4.51. The van der Waals surface area contributed by atoms with Gasteiger partial charge in [0.15, 0.2) is 0 Å². The van der Waals surface area contributed by atoms with Gasteiger partial charge in [0.2, 0.25) is 11.7 Å². The van der Waals surface area contributed by atoms with Gasteiger partial charge in [-0.2, -0.15) is 4.98 Å². The van der Waals surface area contributed by atoms with Crippen molar-refractivity contribution in [1.29, 1.82) is 0 Å². The van der Waals surface area contributed by atoms with E-state index < -0.39 is 17.7 Å². The summed E-state index contributed by atoms with van der Waals surface area (Å²) in [4.78, 5) is 18.5. The molecule has 28 heavy (non-hydrogen) atoms. The van der Waals surface area contributed by atoms with Crippen molar-refractivity contribution in [2.45, 2.75) is 18.9 Å². The Morgan fingerprint density at radius 1 is 1.21 bits per heavy atom. The molecule has 2 aromatic carbocycles. The quantitative estimate of drug-likeness (QED) is 0.664. The zero-order chi connectivity index (χ0) is 19.7. The highest BCUT2D eigenvalue weighted by Crippen LogP contribution is 2.33. The highest BCUT2D eigenvalue weighted by molar-refractivity contribution is 6.30. The third-order valence-corrected chi connectivity index (χ3v) is 4.76. The summed E-state index contributed by atoms with van der Waals surface area (Å²) >= 11 is 5.85. The van der Waals surface area contributed by atoms with Crippen molar-refractivity contribution < 1.29 is 18.1 Å². The number of likely N-dealkylation sites (tertiary alicyclic amines) is 1. The first kappa shape index (κ1) is 18.4. The summed E-state index contributed by atoms with van der Waals surface area (Å²) in [6.07, 6.45) is 1.41. The van der Waals surface area contributed by atoms with Crippen LogP contribution in [0.4, 0.5) is 19.3 Å². The Labute approximate surface area is 164 Å². The molecule has 0 unspecified atom stereocenters. The largest absolute Gasteiger partial charge is 0.337 e. The Kier molecular flexibility index (Phi) is 4.95. The summed E-state index contributed by atoms with van der Waals surface area (Å²) in [6.45, 7) is 0.521. The number of rotatable bonds is 3. The molecule has 1 atom stereocenters. The lowest BCUT2D eigenvalue weighted by molar-refractivity contribution is 0.193. The van der Waals surface area contributed by atoms with Gasteiger partial charge in [-0.05, 0) is 49.2 Å². The Bertz CT molecular complexity index is 1010. The molecular formula is C19H15ClF2N4O2. The molecular weight excluding hydrogens is 390 g/mol. The average molecular weight is 405 g/mol. The van der Waals surface area contributed by atoms with Gasteiger partial charge in [-0.1, -0.05) is 16.8 Å². The molecule has 1 fully saturated rings. The number of amides is 2. The van der Waals surface area contributed by atoms with E-state index in [-0.39, 0.29) is 23.3 Å². The van der Waals surface area contributed by atoms with Gasteiger partial charge in [0, 0.05) is 23.3 Å². The Morgan fingerprint density at radius 3 is 2.75 bits per heavy atom. The molecule has 0 aliphatic carbocycles. The van der Waals surface area contributed by atoms with E-state index in [4.69, 9.17) is 16.1 Å². The molecule has 2 amide bonds. The standard InChI is InChI=1S/C19H15ClF2N4O2/c20-11-3-6-13(7-4-11)23-19(27)26-9-1-2-16(26)18-24-17(25-28-18)14-8-5-12(21)10-15(14)22/h3-8,10,16H,1-2,9H2,(H,23,27)/t16-/m0/s1. The van der Waals surface area contributed by atoms with Gasteiger partial charge in [0.05, 0.1) is 5.56 Å². The summed E-state index contributed by atoms with van der Waals surface area (Å²) < 4.78 is 32.3. The first-order valence-electron chi connectivity index (χ1n) is 8.63. The highest BCUT2D eigenvalue weighted by atomic mass is 35.5. The van der Waals surface area contributed by atoms with Crippen LogP contribution in [0.5, 0.6) is 0 Å². The normalized spacial score (nSPS) is 16.4. The second-order valence-electron chi connectivity index (χ2n) is 6.37. The molecule has 1 N–H and O–H groups in total. The first-order chi connectivity index (χ1) is 13.5. The maximum Gasteiger partial charge on any atom is 0.322 e. The molecule has 0 saturated carbocycles. The van der Waals surface area contributed by atoms with E-state index in [0.29, 0.717) is 23.7 Å². The molecule has 1 aliphatic heterocycles. The van der Waals surface area contributed by atoms with E-state index >= 15 is 0 Å². The molecule has 1 saturated heterocycles.